The van der Waals surface area contributed by atoms with Gasteiger partial charge in [-0.05, 0) is 18.2 Å². The van der Waals surface area contributed by atoms with Crippen LogP contribution in [0.1, 0.15) is 20.8 Å². The quantitative estimate of drug-likeness (QED) is 0.235. The second-order valence-corrected chi connectivity index (χ2v) is 8.95. The number of carboxylic acid groups (broad SMARTS) is 1. The van der Waals surface area contributed by atoms with Crippen molar-refractivity contribution < 1.29 is 36.4 Å². The number of nitro benzene ring substituents is 1. The molecule has 0 radical (unpaired) electrons. The maximum absolute atomic E-state index is 12.8. The maximum Gasteiger partial charge on any atom is 0.416 e. The number of hydrogen-bond donors (Lipinski definition) is 3. The van der Waals surface area contributed by atoms with Gasteiger partial charge >= 0.3 is 23.3 Å². The molecule has 2 heterocycles. The third kappa shape index (κ3) is 4.53. The van der Waals surface area contributed by atoms with Gasteiger partial charge in [-0.2, -0.15) is 17.8 Å². The van der Waals surface area contributed by atoms with E-state index in [0.29, 0.717) is 28.1 Å². The Kier molecular flexibility index (Phi) is 5.66. The first-order valence-electron chi connectivity index (χ1n) is 8.08. The fourth-order valence-corrected chi connectivity index (χ4v) is 4.64. The zero-order valence-electron chi connectivity index (χ0n) is 15.2. The average molecular weight is 494 g/mol. The highest BCUT2D eigenvalue weighted by atomic mass is 32.2. The number of anilines is 1. The molecule has 0 aliphatic carbocycles. The molecule has 3 rings (SSSR count). The molecule has 32 heavy (non-hydrogen) atoms. The van der Waals surface area contributed by atoms with E-state index in [-0.39, 0.29) is 15.9 Å². The van der Waals surface area contributed by atoms with Crippen molar-refractivity contribution in [2.45, 2.75) is 17.6 Å². The Morgan fingerprint density at radius 2 is 1.84 bits per heavy atom. The van der Waals surface area contributed by atoms with Gasteiger partial charge < -0.3 is 5.11 Å². The third-order valence-electron chi connectivity index (χ3n) is 3.97. The molecule has 2 aromatic heterocycles. The summed E-state index contributed by atoms with van der Waals surface area (Å²) < 4.78 is 65.8. The topological polar surface area (TPSA) is 178 Å². The highest BCUT2D eigenvalue weighted by molar-refractivity contribution is 7.89. The number of alkyl halides is 3. The van der Waals surface area contributed by atoms with E-state index in [9.17, 15) is 51.2 Å². The van der Waals surface area contributed by atoms with Gasteiger partial charge in [-0.1, -0.05) is 0 Å². The minimum Gasteiger partial charge on any atom is -0.478 e. The lowest BCUT2D eigenvalue weighted by Gasteiger charge is -2.10. The molecule has 0 bridgehead atoms. The standard InChI is InChI=1S/C15H9F3N4O8S2/c16-15(17,18)6-1-2-10(9(3-6)22(27)28)32(29,30)19-5-7-4-8(14(25)26)11(31-7)20-21-12(23)13(21)24/h1-4,19-20H,5H2,(H,25,26). The lowest BCUT2D eigenvalue weighted by Crippen LogP contribution is -2.24. The first-order chi connectivity index (χ1) is 14.7. The number of nitrogens with zero attached hydrogens (tertiary/aromatic N) is 2. The predicted molar refractivity (Wildman–Crippen MR) is 102 cm³/mol. The lowest BCUT2D eigenvalue weighted by molar-refractivity contribution is -0.388. The Morgan fingerprint density at radius 1 is 1.22 bits per heavy atom. The molecule has 3 aromatic rings. The van der Waals surface area contributed by atoms with Crippen LogP contribution < -0.4 is 21.3 Å². The number of halogens is 3. The van der Waals surface area contributed by atoms with Crippen LogP contribution in [-0.2, 0) is 22.7 Å². The number of nitro groups is 1. The number of carbonyl (C=O) groups is 1. The Balaban J connectivity index is 1.87. The van der Waals surface area contributed by atoms with Crippen molar-refractivity contribution in [3.63, 3.8) is 0 Å². The minimum absolute atomic E-state index is 0.0600. The molecule has 170 valence electrons. The number of thiophene rings is 1. The van der Waals surface area contributed by atoms with Crippen molar-refractivity contribution >= 4 is 38.0 Å². The van der Waals surface area contributed by atoms with Crippen LogP contribution in [0.3, 0.4) is 0 Å². The fourth-order valence-electron chi connectivity index (χ4n) is 2.42. The number of nitrogens with one attached hydrogen (secondary N) is 2. The molecule has 0 unspecified atom stereocenters. The molecule has 0 saturated carbocycles. The summed E-state index contributed by atoms with van der Waals surface area (Å²) in [4.78, 5) is 42.3. The van der Waals surface area contributed by atoms with Crippen LogP contribution in [0.4, 0.5) is 23.9 Å². The van der Waals surface area contributed by atoms with Crippen LogP contribution in [0.25, 0.3) is 0 Å². The summed E-state index contributed by atoms with van der Waals surface area (Å²) in [5, 5.41) is 20.2. The zero-order chi connectivity index (χ0) is 24.0. The van der Waals surface area contributed by atoms with Gasteiger partial charge in [0.2, 0.25) is 10.0 Å². The van der Waals surface area contributed by atoms with Crippen LogP contribution in [0.15, 0.2) is 38.8 Å². The molecule has 0 spiro atoms. The van der Waals surface area contributed by atoms with E-state index in [1.54, 1.807) is 0 Å². The normalized spacial score (nSPS) is 12.2. The van der Waals surface area contributed by atoms with E-state index < -0.39 is 66.5 Å². The number of sulfonamides is 1. The predicted octanol–water partition coefficient (Wildman–Crippen LogP) is 1.12. The SMILES string of the molecule is O=C(O)c1cc(CNS(=O)(=O)c2ccc(C(F)(F)F)cc2[N+](=O)[O-])sc1Nn1c(=O)c1=O. The summed E-state index contributed by atoms with van der Waals surface area (Å²) in [6.45, 7) is -0.588. The molecule has 1 aromatic carbocycles. The van der Waals surface area contributed by atoms with Gasteiger partial charge in [-0.15, -0.1) is 11.3 Å². The van der Waals surface area contributed by atoms with Gasteiger partial charge in [0.15, 0.2) is 4.90 Å². The van der Waals surface area contributed by atoms with E-state index >= 15 is 0 Å². The van der Waals surface area contributed by atoms with Crippen LogP contribution in [0.2, 0.25) is 0 Å². The molecule has 0 amide bonds. The van der Waals surface area contributed by atoms with Crippen molar-refractivity contribution in [3.8, 4) is 0 Å². The zero-order valence-corrected chi connectivity index (χ0v) is 16.8. The maximum atomic E-state index is 12.8. The second kappa shape index (κ2) is 7.84. The number of aromatic nitrogens is 1. The van der Waals surface area contributed by atoms with Gasteiger partial charge in [0, 0.05) is 17.5 Å². The summed E-state index contributed by atoms with van der Waals surface area (Å²) in [6, 6.07) is 1.92. The Labute approximate surface area is 178 Å². The summed E-state index contributed by atoms with van der Waals surface area (Å²) in [5.74, 6) is -1.46. The van der Waals surface area contributed by atoms with Gasteiger partial charge in [0.1, 0.15) is 5.00 Å². The first-order valence-corrected chi connectivity index (χ1v) is 10.4. The molecule has 3 N–H and O–H groups in total. The van der Waals surface area contributed by atoms with E-state index in [1.165, 1.54) is 0 Å². The lowest BCUT2D eigenvalue weighted by atomic mass is 10.2. The van der Waals surface area contributed by atoms with Gasteiger partial charge in [-0.25, -0.2) is 17.9 Å². The second-order valence-electron chi connectivity index (χ2n) is 6.08. The van der Waals surface area contributed by atoms with E-state index in [2.05, 4.69) is 5.43 Å². The van der Waals surface area contributed by atoms with Crippen molar-refractivity contribution in [1.29, 1.82) is 0 Å². The number of carboxylic acids is 1. The Hall–Kier alpha value is -3.57. The summed E-state index contributed by atoms with van der Waals surface area (Å²) >= 11 is 0.665. The van der Waals surface area contributed by atoms with Crippen molar-refractivity contribution in [2.24, 2.45) is 0 Å². The van der Waals surface area contributed by atoms with Crippen LogP contribution in [-0.4, -0.2) is 29.1 Å². The van der Waals surface area contributed by atoms with E-state index in [4.69, 9.17) is 0 Å². The number of aromatic carboxylic acids is 1. The highest BCUT2D eigenvalue weighted by Gasteiger charge is 2.35. The van der Waals surface area contributed by atoms with Gasteiger partial charge in [0.25, 0.3) is 5.69 Å². The van der Waals surface area contributed by atoms with Crippen molar-refractivity contribution in [2.75, 3.05) is 5.43 Å². The smallest absolute Gasteiger partial charge is 0.416 e. The summed E-state index contributed by atoms with van der Waals surface area (Å²) in [6.07, 6.45) is -4.94. The molecule has 0 saturated heterocycles. The summed E-state index contributed by atoms with van der Waals surface area (Å²) in [5.41, 5.74) is -2.67. The molecule has 0 fully saturated rings. The molecule has 12 nitrogen and oxygen atoms in total. The molecular formula is C15H9F3N4O8S2. The van der Waals surface area contributed by atoms with E-state index in [1.807, 2.05) is 4.72 Å². The summed E-state index contributed by atoms with van der Waals surface area (Å²) in [7, 11) is -4.69. The number of benzene rings is 1. The number of hydrogen-bond acceptors (Lipinski definition) is 9. The Bertz CT molecular complexity index is 1390. The number of rotatable bonds is 8. The molecule has 0 aliphatic rings. The molecule has 0 aliphatic heterocycles. The third-order valence-corrected chi connectivity index (χ3v) is 6.46. The van der Waals surface area contributed by atoms with E-state index in [0.717, 1.165) is 6.07 Å². The monoisotopic (exact) mass is 494 g/mol. The molecule has 17 heteroatoms. The average Bonchev–Trinajstić information content (AvgIpc) is 3.08. The van der Waals surface area contributed by atoms with Crippen LogP contribution >= 0.6 is 11.3 Å². The Morgan fingerprint density at radius 3 is 2.34 bits per heavy atom. The first kappa shape index (κ1) is 23.1. The van der Waals surface area contributed by atoms with Crippen LogP contribution in [0.5, 0.6) is 0 Å². The minimum atomic E-state index is -4.94. The van der Waals surface area contributed by atoms with Crippen molar-refractivity contribution in [3.05, 3.63) is 71.1 Å². The van der Waals surface area contributed by atoms with Gasteiger partial charge in [-0.3, -0.25) is 25.1 Å². The molecule has 0 atom stereocenters. The largest absolute Gasteiger partial charge is 0.478 e. The van der Waals surface area contributed by atoms with Crippen molar-refractivity contribution in [1.82, 2.24) is 9.40 Å². The van der Waals surface area contributed by atoms with Gasteiger partial charge in [0.05, 0.1) is 16.1 Å². The fraction of sp³-hybridized carbons (Fsp3) is 0.133. The van der Waals surface area contributed by atoms with Crippen LogP contribution in [0, 0.1) is 10.1 Å². The molecular weight excluding hydrogens is 485 g/mol. The highest BCUT2D eigenvalue weighted by Crippen LogP contribution is 2.35.